The molecular formula is C15H21ClN2O6S. The third-order valence-corrected chi connectivity index (χ3v) is 4.83. The van der Waals surface area contributed by atoms with Gasteiger partial charge >= 0.3 is 5.97 Å². The molecule has 2 N–H and O–H groups in total. The number of ether oxygens (including phenoxy) is 2. The van der Waals surface area contributed by atoms with Crippen LogP contribution in [0, 0.1) is 0 Å². The second kappa shape index (κ2) is 9.71. The van der Waals surface area contributed by atoms with E-state index in [0.717, 1.165) is 0 Å². The van der Waals surface area contributed by atoms with Crippen molar-refractivity contribution in [2.75, 3.05) is 20.3 Å². The number of carbonyl (C=O) groups is 2. The monoisotopic (exact) mass is 392 g/mol. The van der Waals surface area contributed by atoms with Crippen LogP contribution in [0.25, 0.3) is 0 Å². The van der Waals surface area contributed by atoms with Gasteiger partial charge in [0.1, 0.15) is 6.04 Å². The Hall–Kier alpha value is -1.68. The van der Waals surface area contributed by atoms with Crippen LogP contribution in [0.4, 0.5) is 0 Å². The van der Waals surface area contributed by atoms with Crippen molar-refractivity contribution in [1.82, 2.24) is 10.0 Å². The van der Waals surface area contributed by atoms with Crippen molar-refractivity contribution < 1.29 is 27.5 Å². The molecule has 1 amide bonds. The summed E-state index contributed by atoms with van der Waals surface area (Å²) in [7, 11) is -2.46. The highest BCUT2D eigenvalue weighted by Crippen LogP contribution is 2.15. The average molecular weight is 393 g/mol. The van der Waals surface area contributed by atoms with Crippen LogP contribution in [0.5, 0.6) is 0 Å². The van der Waals surface area contributed by atoms with Crippen LogP contribution < -0.4 is 10.0 Å². The van der Waals surface area contributed by atoms with E-state index in [2.05, 4.69) is 10.0 Å². The zero-order chi connectivity index (χ0) is 19.0. The van der Waals surface area contributed by atoms with E-state index in [1.165, 1.54) is 45.2 Å². The molecule has 0 radical (unpaired) electrons. The lowest BCUT2D eigenvalue weighted by Gasteiger charge is -2.17. The molecule has 10 heteroatoms. The van der Waals surface area contributed by atoms with Gasteiger partial charge in [-0.3, -0.25) is 9.59 Å². The summed E-state index contributed by atoms with van der Waals surface area (Å²) in [5, 5.41) is 2.76. The molecule has 0 saturated carbocycles. The van der Waals surface area contributed by atoms with Crippen molar-refractivity contribution in [3.63, 3.8) is 0 Å². The second-order valence-corrected chi connectivity index (χ2v) is 7.31. The number of halogens is 1. The Morgan fingerprint density at radius 1 is 1.28 bits per heavy atom. The summed E-state index contributed by atoms with van der Waals surface area (Å²) < 4.78 is 36.4. The third kappa shape index (κ3) is 6.99. The predicted octanol–water partition coefficient (Wildman–Crippen LogP) is 0.701. The Balaban J connectivity index is 2.63. The van der Waals surface area contributed by atoms with Gasteiger partial charge in [0.2, 0.25) is 10.0 Å². The Morgan fingerprint density at radius 2 is 1.96 bits per heavy atom. The van der Waals surface area contributed by atoms with Crippen LogP contribution in [0.3, 0.4) is 0 Å². The number of methoxy groups -OCH3 is 1. The fourth-order valence-corrected chi connectivity index (χ4v) is 3.23. The van der Waals surface area contributed by atoms with Gasteiger partial charge < -0.3 is 14.8 Å². The van der Waals surface area contributed by atoms with E-state index in [4.69, 9.17) is 21.1 Å². The lowest BCUT2D eigenvalue weighted by atomic mass is 10.3. The molecule has 1 aromatic carbocycles. The number of carbonyl (C=O) groups excluding carboxylic acids is 2. The number of esters is 1. The number of amides is 1. The molecule has 0 aliphatic rings. The number of rotatable bonds is 9. The van der Waals surface area contributed by atoms with E-state index in [-0.39, 0.29) is 16.5 Å². The molecule has 0 aliphatic carbocycles. The standard InChI is InChI=1S/C15H21ClN2O6S/c1-10(15(20)24-11(2)14(19)17-7-8-23-3)18-25(21,22)13-6-4-5-12(16)9-13/h4-6,9-11,18H,7-8H2,1-3H3,(H,17,19)/t10-,11-/m0/s1. The molecule has 2 atom stereocenters. The van der Waals surface area contributed by atoms with Crippen molar-refractivity contribution >= 4 is 33.5 Å². The highest BCUT2D eigenvalue weighted by Gasteiger charge is 2.26. The number of benzene rings is 1. The largest absolute Gasteiger partial charge is 0.451 e. The fraction of sp³-hybridized carbons (Fsp3) is 0.467. The molecule has 0 aliphatic heterocycles. The van der Waals surface area contributed by atoms with Gasteiger partial charge in [-0.15, -0.1) is 0 Å². The fourth-order valence-electron chi connectivity index (χ4n) is 1.73. The van der Waals surface area contributed by atoms with Crippen molar-refractivity contribution in [2.24, 2.45) is 0 Å². The van der Waals surface area contributed by atoms with Gasteiger partial charge in [-0.1, -0.05) is 17.7 Å². The van der Waals surface area contributed by atoms with Crippen molar-refractivity contribution in [2.45, 2.75) is 30.9 Å². The third-order valence-electron chi connectivity index (χ3n) is 3.06. The normalized spacial score (nSPS) is 13.8. The smallest absolute Gasteiger partial charge is 0.324 e. The summed E-state index contributed by atoms with van der Waals surface area (Å²) in [4.78, 5) is 23.6. The van der Waals surface area contributed by atoms with Crippen LogP contribution in [-0.4, -0.2) is 52.7 Å². The first kappa shape index (κ1) is 21.4. The summed E-state index contributed by atoms with van der Waals surface area (Å²) in [6.45, 7) is 3.30. The highest BCUT2D eigenvalue weighted by atomic mass is 35.5. The maximum Gasteiger partial charge on any atom is 0.324 e. The van der Waals surface area contributed by atoms with E-state index in [0.29, 0.717) is 6.61 Å². The van der Waals surface area contributed by atoms with Crippen molar-refractivity contribution in [1.29, 1.82) is 0 Å². The topological polar surface area (TPSA) is 111 Å². The Labute approximate surface area is 151 Å². The van der Waals surface area contributed by atoms with Gasteiger partial charge in [-0.25, -0.2) is 8.42 Å². The first-order chi connectivity index (χ1) is 11.7. The summed E-state index contributed by atoms with van der Waals surface area (Å²) in [6, 6.07) is 4.43. The molecule has 25 heavy (non-hydrogen) atoms. The van der Waals surface area contributed by atoms with Gasteiger partial charge in [-0.2, -0.15) is 4.72 Å². The molecule has 8 nitrogen and oxygen atoms in total. The van der Waals surface area contributed by atoms with Gasteiger partial charge in [0.15, 0.2) is 6.10 Å². The molecule has 140 valence electrons. The van der Waals surface area contributed by atoms with Gasteiger partial charge in [0.25, 0.3) is 5.91 Å². The molecule has 0 saturated heterocycles. The number of nitrogens with one attached hydrogen (secondary N) is 2. The molecule has 0 fully saturated rings. The lowest BCUT2D eigenvalue weighted by molar-refractivity contribution is -0.156. The Kier molecular flexibility index (Phi) is 8.30. The number of hydrogen-bond donors (Lipinski definition) is 2. The summed E-state index contributed by atoms with van der Waals surface area (Å²) in [5.74, 6) is -1.38. The summed E-state index contributed by atoms with van der Waals surface area (Å²) in [6.07, 6.45) is -1.07. The minimum absolute atomic E-state index is 0.0787. The lowest BCUT2D eigenvalue weighted by Crippen LogP contribution is -2.43. The molecule has 0 heterocycles. The quantitative estimate of drug-likeness (QED) is 0.472. The van der Waals surface area contributed by atoms with Crippen LogP contribution in [0.15, 0.2) is 29.2 Å². The van der Waals surface area contributed by atoms with Crippen LogP contribution in [-0.2, 0) is 29.1 Å². The molecule has 0 bridgehead atoms. The highest BCUT2D eigenvalue weighted by molar-refractivity contribution is 7.89. The molecular weight excluding hydrogens is 372 g/mol. The predicted molar refractivity (Wildman–Crippen MR) is 91.7 cm³/mol. The molecule has 0 unspecified atom stereocenters. The van der Waals surface area contributed by atoms with Crippen LogP contribution in [0.1, 0.15) is 13.8 Å². The first-order valence-electron chi connectivity index (χ1n) is 7.42. The zero-order valence-electron chi connectivity index (χ0n) is 14.1. The minimum atomic E-state index is -3.95. The minimum Gasteiger partial charge on any atom is -0.451 e. The van der Waals surface area contributed by atoms with Gasteiger partial charge in [0, 0.05) is 18.7 Å². The maximum absolute atomic E-state index is 12.2. The van der Waals surface area contributed by atoms with E-state index < -0.39 is 34.0 Å². The zero-order valence-corrected chi connectivity index (χ0v) is 15.7. The van der Waals surface area contributed by atoms with Crippen molar-refractivity contribution in [3.05, 3.63) is 29.3 Å². The van der Waals surface area contributed by atoms with Gasteiger partial charge in [-0.05, 0) is 32.0 Å². The van der Waals surface area contributed by atoms with Crippen LogP contribution in [0.2, 0.25) is 5.02 Å². The Bertz CT molecular complexity index is 710. The van der Waals surface area contributed by atoms with Crippen LogP contribution >= 0.6 is 11.6 Å². The molecule has 1 rings (SSSR count). The van der Waals surface area contributed by atoms with Gasteiger partial charge in [0.05, 0.1) is 11.5 Å². The second-order valence-electron chi connectivity index (χ2n) is 5.16. The summed E-state index contributed by atoms with van der Waals surface area (Å²) >= 11 is 5.77. The molecule has 1 aromatic rings. The Morgan fingerprint density at radius 3 is 2.56 bits per heavy atom. The number of hydrogen-bond acceptors (Lipinski definition) is 6. The SMILES string of the molecule is COCCNC(=O)[C@H](C)OC(=O)[C@H](C)NS(=O)(=O)c1cccc(Cl)c1. The van der Waals surface area contributed by atoms with Crippen molar-refractivity contribution in [3.8, 4) is 0 Å². The van der Waals surface area contributed by atoms with E-state index >= 15 is 0 Å². The van der Waals surface area contributed by atoms with E-state index in [9.17, 15) is 18.0 Å². The molecule has 0 aromatic heterocycles. The molecule has 0 spiro atoms. The summed E-state index contributed by atoms with van der Waals surface area (Å²) in [5.41, 5.74) is 0. The van der Waals surface area contributed by atoms with E-state index in [1.807, 2.05) is 0 Å². The number of sulfonamides is 1. The first-order valence-corrected chi connectivity index (χ1v) is 9.28. The average Bonchev–Trinajstić information content (AvgIpc) is 2.54. The van der Waals surface area contributed by atoms with E-state index in [1.54, 1.807) is 0 Å². The maximum atomic E-state index is 12.2.